The highest BCUT2D eigenvalue weighted by atomic mass is 16.5. The third kappa shape index (κ3) is 5.67. The molecule has 2 aromatic rings. The average Bonchev–Trinajstić information content (AvgIpc) is 2.78. The number of urea groups is 1. The van der Waals surface area contributed by atoms with Gasteiger partial charge < -0.3 is 15.0 Å². The molecule has 2 aromatic carbocycles. The maximum atomic E-state index is 12.3. The Morgan fingerprint density at radius 3 is 2.28 bits per heavy atom. The first-order chi connectivity index (χ1) is 14.1. The van der Waals surface area contributed by atoms with Crippen molar-refractivity contribution >= 4 is 23.5 Å². The molecule has 6 heteroatoms. The molecule has 0 spiro atoms. The first kappa shape index (κ1) is 20.6. The number of piperidine rings is 1. The quantitative estimate of drug-likeness (QED) is 0.595. The van der Waals surface area contributed by atoms with Gasteiger partial charge in [0.05, 0.1) is 5.92 Å². The molecule has 0 bridgehead atoms. The van der Waals surface area contributed by atoms with Crippen LogP contribution in [0.5, 0.6) is 0 Å². The molecule has 152 valence electrons. The number of esters is 1. The molecule has 1 aliphatic rings. The fourth-order valence-electron chi connectivity index (χ4n) is 3.31. The molecule has 1 N–H and O–H groups in total. The number of Topliss-reactive ketones (excluding diaryl/α,β-unsaturated/α-hetero) is 1. The number of carbonyl (C=O) groups is 3. The van der Waals surface area contributed by atoms with Crippen LogP contribution >= 0.6 is 0 Å². The van der Waals surface area contributed by atoms with E-state index in [1.54, 1.807) is 17.0 Å². The van der Waals surface area contributed by atoms with Crippen molar-refractivity contribution in [1.29, 1.82) is 0 Å². The van der Waals surface area contributed by atoms with Gasteiger partial charge in [0.15, 0.2) is 12.4 Å². The lowest BCUT2D eigenvalue weighted by Gasteiger charge is -2.30. The number of anilines is 1. The molecular formula is C23H26N2O4. The number of carbonyl (C=O) groups excluding carboxylic acids is 3. The topological polar surface area (TPSA) is 75.7 Å². The summed E-state index contributed by atoms with van der Waals surface area (Å²) >= 11 is 0. The van der Waals surface area contributed by atoms with Gasteiger partial charge in [0.2, 0.25) is 0 Å². The highest BCUT2D eigenvalue weighted by Crippen LogP contribution is 2.20. The maximum Gasteiger partial charge on any atom is 0.321 e. The smallest absolute Gasteiger partial charge is 0.321 e. The Morgan fingerprint density at radius 2 is 1.66 bits per heavy atom. The number of benzene rings is 2. The van der Waals surface area contributed by atoms with E-state index in [0.29, 0.717) is 31.5 Å². The van der Waals surface area contributed by atoms with Crippen LogP contribution in [0, 0.1) is 5.92 Å². The summed E-state index contributed by atoms with van der Waals surface area (Å²) in [6.07, 6.45) is 1.96. The number of nitrogens with one attached hydrogen (secondary N) is 1. The van der Waals surface area contributed by atoms with Crippen molar-refractivity contribution in [2.24, 2.45) is 5.92 Å². The lowest BCUT2D eigenvalue weighted by Crippen LogP contribution is -2.42. The minimum absolute atomic E-state index is 0.172. The molecule has 1 saturated heterocycles. The lowest BCUT2D eigenvalue weighted by atomic mass is 9.97. The van der Waals surface area contributed by atoms with E-state index in [-0.39, 0.29) is 30.3 Å². The third-order valence-corrected chi connectivity index (χ3v) is 5.17. The number of ketones is 1. The molecule has 0 atom stereocenters. The van der Waals surface area contributed by atoms with Crippen LogP contribution in [0.3, 0.4) is 0 Å². The molecule has 0 aromatic heterocycles. The zero-order valence-electron chi connectivity index (χ0n) is 16.6. The summed E-state index contributed by atoms with van der Waals surface area (Å²) in [5.41, 5.74) is 2.44. The second-order valence-electron chi connectivity index (χ2n) is 7.14. The van der Waals surface area contributed by atoms with Gasteiger partial charge in [0.1, 0.15) is 0 Å². The molecule has 0 radical (unpaired) electrons. The fraction of sp³-hybridized carbons (Fsp3) is 0.348. The van der Waals surface area contributed by atoms with Gasteiger partial charge in [-0.15, -0.1) is 0 Å². The van der Waals surface area contributed by atoms with Gasteiger partial charge in [0, 0.05) is 24.3 Å². The molecule has 3 rings (SSSR count). The van der Waals surface area contributed by atoms with E-state index in [1.165, 1.54) is 0 Å². The van der Waals surface area contributed by atoms with Gasteiger partial charge in [-0.25, -0.2) is 4.79 Å². The number of nitrogens with zero attached hydrogens (tertiary/aromatic N) is 1. The van der Waals surface area contributed by atoms with E-state index in [4.69, 9.17) is 4.74 Å². The Balaban J connectivity index is 1.42. The molecule has 1 fully saturated rings. The number of hydrogen-bond donors (Lipinski definition) is 1. The number of ether oxygens (including phenoxy) is 1. The molecule has 0 unspecified atom stereocenters. The Morgan fingerprint density at radius 1 is 1.00 bits per heavy atom. The van der Waals surface area contributed by atoms with Crippen LogP contribution in [0.25, 0.3) is 0 Å². The van der Waals surface area contributed by atoms with Gasteiger partial charge in [0.25, 0.3) is 0 Å². The first-order valence-electron chi connectivity index (χ1n) is 9.96. The second-order valence-corrected chi connectivity index (χ2v) is 7.14. The predicted molar refractivity (Wildman–Crippen MR) is 111 cm³/mol. The molecule has 1 heterocycles. The van der Waals surface area contributed by atoms with Gasteiger partial charge in [-0.2, -0.15) is 0 Å². The van der Waals surface area contributed by atoms with Crippen molar-refractivity contribution in [1.82, 2.24) is 4.90 Å². The third-order valence-electron chi connectivity index (χ3n) is 5.17. The molecule has 6 nitrogen and oxygen atoms in total. The predicted octanol–water partition coefficient (Wildman–Crippen LogP) is 3.92. The first-order valence-corrected chi connectivity index (χ1v) is 9.96. The van der Waals surface area contributed by atoms with Crippen LogP contribution in [0.1, 0.15) is 35.7 Å². The molecule has 1 aliphatic heterocycles. The summed E-state index contributed by atoms with van der Waals surface area (Å²) < 4.78 is 5.24. The Kier molecular flexibility index (Phi) is 7.00. The van der Waals surface area contributed by atoms with Crippen molar-refractivity contribution < 1.29 is 19.1 Å². The Bertz CT molecular complexity index is 841. The zero-order valence-corrected chi connectivity index (χ0v) is 16.6. The lowest BCUT2D eigenvalue weighted by molar-refractivity contribution is -0.148. The number of hydrogen-bond acceptors (Lipinski definition) is 4. The SMILES string of the molecule is CCc1ccc(C(=O)COC(=O)C2CCN(C(=O)Nc3ccccc3)CC2)cc1. The maximum absolute atomic E-state index is 12.3. The van der Waals surface area contributed by atoms with Gasteiger partial charge in [-0.1, -0.05) is 49.4 Å². The van der Waals surface area contributed by atoms with Gasteiger partial charge in [-0.05, 0) is 37.0 Å². The standard InChI is InChI=1S/C23H26N2O4/c1-2-17-8-10-18(11-9-17)21(26)16-29-22(27)19-12-14-25(15-13-19)23(28)24-20-6-4-3-5-7-20/h3-11,19H,2,12-16H2,1H3,(H,24,28). The van der Waals surface area contributed by atoms with E-state index in [1.807, 2.05) is 42.5 Å². The number of likely N-dealkylation sites (tertiary alicyclic amines) is 1. The summed E-state index contributed by atoms with van der Waals surface area (Å²) in [7, 11) is 0. The molecule has 29 heavy (non-hydrogen) atoms. The second kappa shape index (κ2) is 9.87. The minimum atomic E-state index is -0.369. The normalized spacial score (nSPS) is 14.3. The average molecular weight is 394 g/mol. The van der Waals surface area contributed by atoms with Crippen LogP contribution in [-0.4, -0.2) is 42.4 Å². The van der Waals surface area contributed by atoms with Crippen LogP contribution in [0.15, 0.2) is 54.6 Å². The molecular weight excluding hydrogens is 368 g/mol. The molecule has 0 aliphatic carbocycles. The van der Waals surface area contributed by atoms with E-state index in [2.05, 4.69) is 12.2 Å². The number of rotatable bonds is 6. The number of aryl methyl sites for hydroxylation is 1. The van der Waals surface area contributed by atoms with Crippen molar-refractivity contribution in [3.63, 3.8) is 0 Å². The van der Waals surface area contributed by atoms with Crippen LogP contribution < -0.4 is 5.32 Å². The van der Waals surface area contributed by atoms with Gasteiger partial charge in [-0.3, -0.25) is 9.59 Å². The van der Waals surface area contributed by atoms with Crippen LogP contribution in [0.2, 0.25) is 0 Å². The Hall–Kier alpha value is -3.15. The summed E-state index contributed by atoms with van der Waals surface area (Å²) in [5.74, 6) is -0.863. The largest absolute Gasteiger partial charge is 0.457 e. The van der Waals surface area contributed by atoms with E-state index < -0.39 is 0 Å². The van der Waals surface area contributed by atoms with Crippen LogP contribution in [-0.2, 0) is 16.0 Å². The highest BCUT2D eigenvalue weighted by molar-refractivity contribution is 5.98. The van der Waals surface area contributed by atoms with E-state index >= 15 is 0 Å². The monoisotopic (exact) mass is 394 g/mol. The number of para-hydroxylation sites is 1. The van der Waals surface area contributed by atoms with Crippen molar-refractivity contribution in [2.75, 3.05) is 25.0 Å². The molecule has 2 amide bonds. The van der Waals surface area contributed by atoms with Crippen molar-refractivity contribution in [3.8, 4) is 0 Å². The highest BCUT2D eigenvalue weighted by Gasteiger charge is 2.28. The summed E-state index contributed by atoms with van der Waals surface area (Å²) in [5, 5.41) is 2.85. The molecule has 0 saturated carbocycles. The summed E-state index contributed by atoms with van der Waals surface area (Å²) in [4.78, 5) is 38.5. The van der Waals surface area contributed by atoms with Crippen LogP contribution in [0.4, 0.5) is 10.5 Å². The van der Waals surface area contributed by atoms with E-state index in [0.717, 1.165) is 17.7 Å². The van der Waals surface area contributed by atoms with Gasteiger partial charge >= 0.3 is 12.0 Å². The van der Waals surface area contributed by atoms with E-state index in [9.17, 15) is 14.4 Å². The van der Waals surface area contributed by atoms with Crippen molar-refractivity contribution in [2.45, 2.75) is 26.2 Å². The number of amides is 2. The summed E-state index contributed by atoms with van der Waals surface area (Å²) in [6, 6.07) is 16.4. The zero-order chi connectivity index (χ0) is 20.6. The minimum Gasteiger partial charge on any atom is -0.457 e. The Labute approximate surface area is 170 Å². The van der Waals surface area contributed by atoms with Crippen molar-refractivity contribution in [3.05, 3.63) is 65.7 Å². The summed E-state index contributed by atoms with van der Waals surface area (Å²) in [6.45, 7) is 2.75. The fourth-order valence-corrected chi connectivity index (χ4v) is 3.31.